The van der Waals surface area contributed by atoms with E-state index in [-0.39, 0.29) is 48.3 Å². The molecule has 0 radical (unpaired) electrons. The number of pyridine rings is 1. The normalized spacial score (nSPS) is 21.6. The van der Waals surface area contributed by atoms with Crippen LogP contribution in [0.3, 0.4) is 0 Å². The van der Waals surface area contributed by atoms with Gasteiger partial charge in [0.1, 0.15) is 11.7 Å². The molecule has 3 heterocycles. The van der Waals surface area contributed by atoms with Crippen molar-refractivity contribution in [1.82, 2.24) is 14.8 Å². The molecule has 3 atom stereocenters. The second-order valence-corrected chi connectivity index (χ2v) is 10.1. The number of rotatable bonds is 7. The number of carbonyl (C=O) groups excluding carboxylic acids is 2. The number of nitrogens with zero attached hydrogens (tertiary/aromatic N) is 3. The molecule has 198 valence electrons. The molecule has 2 aliphatic heterocycles. The highest BCUT2D eigenvalue weighted by atomic mass is 16.5. The molecule has 2 aliphatic rings. The van der Waals surface area contributed by atoms with E-state index >= 15 is 0 Å². The Morgan fingerprint density at radius 3 is 2.62 bits per heavy atom. The summed E-state index contributed by atoms with van der Waals surface area (Å²) in [6.45, 7) is 5.67. The van der Waals surface area contributed by atoms with Crippen LogP contribution in [-0.4, -0.2) is 83.8 Å². The van der Waals surface area contributed by atoms with Gasteiger partial charge in [-0.05, 0) is 37.0 Å². The molecule has 2 amide bonds. The van der Waals surface area contributed by atoms with Crippen LogP contribution in [0.1, 0.15) is 48.2 Å². The lowest BCUT2D eigenvalue weighted by molar-refractivity contribution is -0.138. The van der Waals surface area contributed by atoms with Crippen molar-refractivity contribution >= 4 is 24.0 Å². The Morgan fingerprint density at radius 2 is 1.92 bits per heavy atom. The van der Waals surface area contributed by atoms with Crippen molar-refractivity contribution in [3.05, 3.63) is 59.3 Å². The van der Waals surface area contributed by atoms with Crippen molar-refractivity contribution in [3.63, 3.8) is 0 Å². The third-order valence-corrected chi connectivity index (χ3v) is 7.21. The Morgan fingerprint density at radius 1 is 1.22 bits per heavy atom. The van der Waals surface area contributed by atoms with E-state index in [0.29, 0.717) is 31.9 Å². The highest BCUT2D eigenvalue weighted by Gasteiger charge is 2.35. The molecule has 8 nitrogen and oxygen atoms in total. The number of hydrogen-bond donors (Lipinski definition) is 1. The number of amides is 2. The molecule has 2 aromatic rings. The predicted octanol–water partition coefficient (Wildman–Crippen LogP) is 3.36. The molecule has 8 heteroatoms. The maximum atomic E-state index is 13.6. The lowest BCUT2D eigenvalue weighted by atomic mass is 9.97. The van der Waals surface area contributed by atoms with Gasteiger partial charge in [0.15, 0.2) is 0 Å². The zero-order valence-electron chi connectivity index (χ0n) is 21.9. The summed E-state index contributed by atoms with van der Waals surface area (Å²) in [6.07, 6.45) is 6.65. The molecule has 1 N–H and O–H groups in total. The molecule has 4 rings (SSSR count). The van der Waals surface area contributed by atoms with E-state index in [0.717, 1.165) is 24.0 Å². The van der Waals surface area contributed by atoms with Crippen LogP contribution in [0, 0.1) is 11.8 Å². The minimum absolute atomic E-state index is 0.0422. The zero-order valence-corrected chi connectivity index (χ0v) is 21.9. The summed E-state index contributed by atoms with van der Waals surface area (Å²) in [5.74, 6) is -0.0150. The Hall–Kier alpha value is -3.23. The lowest BCUT2D eigenvalue weighted by Crippen LogP contribution is -2.51. The number of carbonyl (C=O) groups is 2. The van der Waals surface area contributed by atoms with E-state index in [2.05, 4.69) is 4.98 Å². The van der Waals surface area contributed by atoms with Crippen LogP contribution in [0.5, 0.6) is 5.88 Å². The summed E-state index contributed by atoms with van der Waals surface area (Å²) in [5, 5.41) is 9.88. The predicted molar refractivity (Wildman–Crippen MR) is 142 cm³/mol. The molecule has 0 spiro atoms. The number of aliphatic hydroxyl groups is 1. The van der Waals surface area contributed by atoms with Gasteiger partial charge in [0.2, 0.25) is 11.8 Å². The summed E-state index contributed by atoms with van der Waals surface area (Å²) in [5.41, 5.74) is 2.16. The van der Waals surface area contributed by atoms with Gasteiger partial charge < -0.3 is 24.4 Å². The number of ether oxygens (including phenoxy) is 2. The second-order valence-electron chi connectivity index (χ2n) is 10.1. The summed E-state index contributed by atoms with van der Waals surface area (Å²) in [7, 11) is 1.80. The average Bonchev–Trinajstić information content (AvgIpc) is 2.94. The lowest BCUT2D eigenvalue weighted by Gasteiger charge is -2.38. The fraction of sp³-hybridized carbons (Fsp3) is 0.483. The Kier molecular flexibility index (Phi) is 8.95. The topological polar surface area (TPSA) is 92.2 Å². The molecule has 1 aromatic heterocycles. The zero-order chi connectivity index (χ0) is 26.4. The van der Waals surface area contributed by atoms with Crippen molar-refractivity contribution in [1.29, 1.82) is 0 Å². The molecule has 0 unspecified atom stereocenters. The summed E-state index contributed by atoms with van der Waals surface area (Å²) in [6, 6.07) is 11.3. The molecular formula is C29H37N3O5. The molecule has 1 fully saturated rings. The van der Waals surface area contributed by atoms with Gasteiger partial charge in [-0.25, -0.2) is 4.98 Å². The largest absolute Gasteiger partial charge is 0.472 e. The molecule has 0 bridgehead atoms. The third-order valence-electron chi connectivity index (χ3n) is 7.21. The van der Waals surface area contributed by atoms with Crippen LogP contribution >= 0.6 is 0 Å². The molecule has 1 saturated heterocycles. The van der Waals surface area contributed by atoms with E-state index in [1.807, 2.05) is 56.3 Å². The maximum Gasteiger partial charge on any atom is 0.259 e. The third kappa shape index (κ3) is 6.56. The number of benzene rings is 1. The van der Waals surface area contributed by atoms with Gasteiger partial charge in [0.25, 0.3) is 5.91 Å². The van der Waals surface area contributed by atoms with Crippen LogP contribution in [-0.2, 0) is 9.53 Å². The minimum Gasteiger partial charge on any atom is -0.472 e. The number of fused-ring (bicyclic) bond motifs is 1. The van der Waals surface area contributed by atoms with Gasteiger partial charge in [-0.3, -0.25) is 9.59 Å². The number of likely N-dealkylation sites (N-methyl/N-ethyl adjacent to an activating group) is 1. The van der Waals surface area contributed by atoms with Gasteiger partial charge in [-0.2, -0.15) is 0 Å². The van der Waals surface area contributed by atoms with Crippen molar-refractivity contribution in [2.45, 2.75) is 38.8 Å². The Bertz CT molecular complexity index is 1100. The van der Waals surface area contributed by atoms with Crippen LogP contribution < -0.4 is 4.74 Å². The fourth-order valence-electron chi connectivity index (χ4n) is 4.80. The highest BCUT2D eigenvalue weighted by molar-refractivity contribution is 5.97. The Balaban J connectivity index is 1.60. The van der Waals surface area contributed by atoms with Crippen LogP contribution in [0.4, 0.5) is 0 Å². The molecule has 0 aliphatic carbocycles. The summed E-state index contributed by atoms with van der Waals surface area (Å²) in [4.78, 5) is 34.6. The minimum atomic E-state index is -0.369. The monoisotopic (exact) mass is 507 g/mol. The summed E-state index contributed by atoms with van der Waals surface area (Å²) < 4.78 is 11.8. The van der Waals surface area contributed by atoms with Crippen LogP contribution in [0.15, 0.2) is 42.6 Å². The van der Waals surface area contributed by atoms with Crippen molar-refractivity contribution < 1.29 is 24.2 Å². The first-order valence-corrected chi connectivity index (χ1v) is 13.0. The summed E-state index contributed by atoms with van der Waals surface area (Å²) >= 11 is 0. The van der Waals surface area contributed by atoms with Gasteiger partial charge >= 0.3 is 0 Å². The Labute approximate surface area is 218 Å². The SMILES string of the molecule is C[C@H]1CN([C@@H](C)CO)C(=O)c2cc(/C=C/c3ccccc3)cnc2O[C@H]1CN(C)C(=O)C1CCOCC1. The van der Waals surface area contributed by atoms with E-state index in [4.69, 9.17) is 9.47 Å². The van der Waals surface area contributed by atoms with Crippen molar-refractivity contribution in [2.75, 3.05) is 40.0 Å². The number of aromatic nitrogens is 1. The van der Waals surface area contributed by atoms with E-state index in [1.54, 1.807) is 29.1 Å². The second kappa shape index (κ2) is 12.3. The van der Waals surface area contributed by atoms with Gasteiger partial charge in [-0.1, -0.05) is 49.4 Å². The molecule has 37 heavy (non-hydrogen) atoms. The van der Waals surface area contributed by atoms with Gasteiger partial charge in [0.05, 0.1) is 19.2 Å². The molecular weight excluding hydrogens is 470 g/mol. The first-order valence-electron chi connectivity index (χ1n) is 13.0. The van der Waals surface area contributed by atoms with E-state index in [9.17, 15) is 14.7 Å². The smallest absolute Gasteiger partial charge is 0.259 e. The maximum absolute atomic E-state index is 13.6. The quantitative estimate of drug-likeness (QED) is 0.618. The van der Waals surface area contributed by atoms with Crippen molar-refractivity contribution in [3.8, 4) is 5.88 Å². The van der Waals surface area contributed by atoms with Gasteiger partial charge in [-0.15, -0.1) is 0 Å². The van der Waals surface area contributed by atoms with Crippen molar-refractivity contribution in [2.24, 2.45) is 11.8 Å². The molecule has 0 saturated carbocycles. The first kappa shape index (κ1) is 26.8. The van der Waals surface area contributed by atoms with Gasteiger partial charge in [0, 0.05) is 44.8 Å². The highest BCUT2D eigenvalue weighted by Crippen LogP contribution is 2.28. The standard InChI is InChI=1S/C29H37N3O5/c1-20-17-32(21(2)19-33)29(35)25-15-23(10-9-22-7-5-4-6-8-22)16-30-27(25)37-26(20)18-31(3)28(34)24-11-13-36-14-12-24/h4-10,15-16,20-21,24,26,33H,11-14,17-19H2,1-3H3/b10-9+/t20-,21-,26-/m0/s1. The average molecular weight is 508 g/mol. The van der Waals surface area contributed by atoms with E-state index < -0.39 is 0 Å². The number of aliphatic hydroxyl groups excluding tert-OH is 1. The van der Waals surface area contributed by atoms with E-state index in [1.165, 1.54) is 0 Å². The first-order chi connectivity index (χ1) is 17.9. The van der Waals surface area contributed by atoms with Crippen LogP contribution in [0.2, 0.25) is 0 Å². The fourth-order valence-corrected chi connectivity index (χ4v) is 4.80. The molecule has 1 aromatic carbocycles. The van der Waals surface area contributed by atoms with Crippen LogP contribution in [0.25, 0.3) is 12.2 Å². The number of hydrogen-bond acceptors (Lipinski definition) is 6.